The topological polar surface area (TPSA) is 105 Å². The molecule has 1 unspecified atom stereocenters. The van der Waals surface area contributed by atoms with Gasteiger partial charge in [0.2, 0.25) is 28.6 Å². The maximum absolute atomic E-state index is 13.6. The van der Waals surface area contributed by atoms with Crippen molar-refractivity contribution in [1.29, 1.82) is 0 Å². The molecule has 0 aromatic heterocycles. The Kier molecular flexibility index (Phi) is 9.44. The van der Waals surface area contributed by atoms with E-state index in [9.17, 15) is 18.0 Å². The lowest BCUT2D eigenvalue weighted by atomic mass is 10.1. The summed E-state index contributed by atoms with van der Waals surface area (Å²) in [7, 11) is -3.83. The average Bonchev–Trinajstić information content (AvgIpc) is 3.33. The Bertz CT molecular complexity index is 1190. The van der Waals surface area contributed by atoms with Crippen molar-refractivity contribution < 1.29 is 27.5 Å². The third kappa shape index (κ3) is 6.82. The molecule has 1 atom stereocenters. The van der Waals surface area contributed by atoms with Crippen LogP contribution in [0.4, 0.5) is 5.69 Å². The molecule has 9 nitrogen and oxygen atoms in total. The lowest BCUT2D eigenvalue weighted by molar-refractivity contribution is -0.139. The first-order valence-electron chi connectivity index (χ1n) is 11.9. The van der Waals surface area contributed by atoms with E-state index in [1.807, 2.05) is 6.92 Å². The van der Waals surface area contributed by atoms with Crippen LogP contribution in [0.2, 0.25) is 5.02 Å². The largest absolute Gasteiger partial charge is 0.454 e. The number of unbranched alkanes of at least 4 members (excludes halogenated alkanes) is 1. The van der Waals surface area contributed by atoms with Gasteiger partial charge in [0.15, 0.2) is 11.5 Å². The van der Waals surface area contributed by atoms with Gasteiger partial charge >= 0.3 is 0 Å². The van der Waals surface area contributed by atoms with Crippen LogP contribution in [0.25, 0.3) is 0 Å². The van der Waals surface area contributed by atoms with Gasteiger partial charge in [-0.15, -0.1) is 0 Å². The van der Waals surface area contributed by atoms with E-state index in [0.29, 0.717) is 23.1 Å². The highest BCUT2D eigenvalue weighted by atomic mass is 35.5. The molecular weight excluding hydrogens is 506 g/mol. The molecule has 3 rings (SSSR count). The van der Waals surface area contributed by atoms with Crippen molar-refractivity contribution in [3.05, 3.63) is 53.1 Å². The van der Waals surface area contributed by atoms with Crippen LogP contribution in [0.5, 0.6) is 11.5 Å². The zero-order valence-corrected chi connectivity index (χ0v) is 22.3. The number of benzene rings is 2. The molecule has 0 radical (unpaired) electrons. The second-order valence-electron chi connectivity index (χ2n) is 8.42. The summed E-state index contributed by atoms with van der Waals surface area (Å²) >= 11 is 6.13. The molecule has 0 bridgehead atoms. The Morgan fingerprint density at radius 2 is 1.86 bits per heavy atom. The van der Waals surface area contributed by atoms with Gasteiger partial charge in [-0.3, -0.25) is 13.9 Å². The summed E-state index contributed by atoms with van der Waals surface area (Å²) in [6, 6.07) is 10.8. The van der Waals surface area contributed by atoms with Crippen LogP contribution >= 0.6 is 11.6 Å². The summed E-state index contributed by atoms with van der Waals surface area (Å²) in [5.41, 5.74) is 0.995. The van der Waals surface area contributed by atoms with Gasteiger partial charge in [-0.05, 0) is 50.1 Å². The van der Waals surface area contributed by atoms with E-state index in [1.165, 1.54) is 17.9 Å². The van der Waals surface area contributed by atoms with Gasteiger partial charge in [0, 0.05) is 24.2 Å². The number of anilines is 1. The summed E-state index contributed by atoms with van der Waals surface area (Å²) in [4.78, 5) is 27.9. The third-order valence-electron chi connectivity index (χ3n) is 5.86. The fourth-order valence-electron chi connectivity index (χ4n) is 3.71. The van der Waals surface area contributed by atoms with E-state index in [-0.39, 0.29) is 30.7 Å². The second-order valence-corrected chi connectivity index (χ2v) is 11.0. The molecule has 1 aliphatic rings. The number of hydrogen-bond acceptors (Lipinski definition) is 6. The standard InChI is InChI=1S/C25H32ClN3O6S/c1-4-6-12-27-25(31)18(3)28(15-19-8-7-9-20(26)13-19)24(30)16-29(36(32,33)5-2)21-10-11-22-23(14-21)35-17-34-22/h7-11,13-14,18H,4-6,12,15-17H2,1-3H3,(H,27,31). The maximum atomic E-state index is 13.6. The molecule has 2 aromatic carbocycles. The molecule has 11 heteroatoms. The van der Waals surface area contributed by atoms with E-state index >= 15 is 0 Å². The lowest BCUT2D eigenvalue weighted by Gasteiger charge is -2.32. The minimum Gasteiger partial charge on any atom is -0.454 e. The minimum atomic E-state index is -3.83. The maximum Gasteiger partial charge on any atom is 0.244 e. The van der Waals surface area contributed by atoms with E-state index in [1.54, 1.807) is 43.3 Å². The van der Waals surface area contributed by atoms with Gasteiger partial charge in [-0.25, -0.2) is 8.42 Å². The molecule has 2 amide bonds. The summed E-state index contributed by atoms with van der Waals surface area (Å²) < 4.78 is 37.8. The Balaban J connectivity index is 1.91. The van der Waals surface area contributed by atoms with Gasteiger partial charge in [0.1, 0.15) is 12.6 Å². The number of halogens is 1. The van der Waals surface area contributed by atoms with E-state index < -0.39 is 28.5 Å². The zero-order chi connectivity index (χ0) is 26.3. The van der Waals surface area contributed by atoms with Crippen LogP contribution in [-0.2, 0) is 26.2 Å². The van der Waals surface area contributed by atoms with Crippen molar-refractivity contribution in [3.63, 3.8) is 0 Å². The smallest absolute Gasteiger partial charge is 0.244 e. The number of nitrogens with one attached hydrogen (secondary N) is 1. The second kappa shape index (κ2) is 12.3. The molecule has 1 heterocycles. The van der Waals surface area contributed by atoms with Crippen molar-refractivity contribution in [2.75, 3.05) is 29.9 Å². The first kappa shape index (κ1) is 27.6. The molecule has 0 spiro atoms. The molecule has 0 saturated heterocycles. The molecule has 0 aliphatic carbocycles. The summed E-state index contributed by atoms with van der Waals surface area (Å²) in [5.74, 6) is -0.153. The Morgan fingerprint density at radius 3 is 2.56 bits per heavy atom. The number of carbonyl (C=O) groups excluding carboxylic acids is 2. The van der Waals surface area contributed by atoms with Crippen LogP contribution in [0.1, 0.15) is 39.2 Å². The molecule has 2 aromatic rings. The Hall–Kier alpha value is -2.98. The predicted octanol–water partition coefficient (Wildman–Crippen LogP) is 3.56. The van der Waals surface area contributed by atoms with Gasteiger partial charge in [0.05, 0.1) is 11.4 Å². The summed E-state index contributed by atoms with van der Waals surface area (Å²) in [5, 5.41) is 3.35. The molecule has 1 aliphatic heterocycles. The Morgan fingerprint density at radius 1 is 1.11 bits per heavy atom. The van der Waals surface area contributed by atoms with Gasteiger partial charge < -0.3 is 19.7 Å². The van der Waals surface area contributed by atoms with E-state index in [2.05, 4.69) is 5.32 Å². The number of fused-ring (bicyclic) bond motifs is 1. The normalized spacial score (nSPS) is 13.2. The van der Waals surface area contributed by atoms with Crippen LogP contribution in [0.15, 0.2) is 42.5 Å². The number of sulfonamides is 1. The van der Waals surface area contributed by atoms with Crippen LogP contribution in [0.3, 0.4) is 0 Å². The number of hydrogen-bond donors (Lipinski definition) is 1. The fourth-order valence-corrected chi connectivity index (χ4v) is 4.98. The molecule has 196 valence electrons. The first-order chi connectivity index (χ1) is 17.2. The highest BCUT2D eigenvalue weighted by Gasteiger charge is 2.31. The summed E-state index contributed by atoms with van der Waals surface area (Å²) in [6.45, 7) is 5.29. The Labute approximate surface area is 217 Å². The summed E-state index contributed by atoms with van der Waals surface area (Å²) in [6.07, 6.45) is 1.73. The van der Waals surface area contributed by atoms with Gasteiger partial charge in [-0.2, -0.15) is 0 Å². The van der Waals surface area contributed by atoms with Crippen LogP contribution in [0, 0.1) is 0 Å². The zero-order valence-electron chi connectivity index (χ0n) is 20.7. The number of amides is 2. The van der Waals surface area contributed by atoms with Crippen molar-refractivity contribution in [1.82, 2.24) is 10.2 Å². The molecule has 0 saturated carbocycles. The number of ether oxygens (including phenoxy) is 2. The molecule has 0 fully saturated rings. The van der Waals surface area contributed by atoms with E-state index in [0.717, 1.165) is 22.7 Å². The van der Waals surface area contributed by atoms with Crippen molar-refractivity contribution in [2.24, 2.45) is 0 Å². The van der Waals surface area contributed by atoms with E-state index in [4.69, 9.17) is 21.1 Å². The monoisotopic (exact) mass is 537 g/mol. The lowest BCUT2D eigenvalue weighted by Crippen LogP contribution is -2.51. The van der Waals surface area contributed by atoms with Crippen molar-refractivity contribution in [2.45, 2.75) is 46.2 Å². The molecule has 36 heavy (non-hydrogen) atoms. The number of rotatable bonds is 12. The molecule has 1 N–H and O–H groups in total. The minimum absolute atomic E-state index is 0.0380. The van der Waals surface area contributed by atoms with Crippen LogP contribution < -0.4 is 19.1 Å². The average molecular weight is 538 g/mol. The van der Waals surface area contributed by atoms with Crippen molar-refractivity contribution >= 4 is 39.1 Å². The number of carbonyl (C=O) groups is 2. The van der Waals surface area contributed by atoms with Gasteiger partial charge in [0.25, 0.3) is 0 Å². The molecular formula is C25H32ClN3O6S. The highest BCUT2D eigenvalue weighted by Crippen LogP contribution is 2.36. The predicted molar refractivity (Wildman–Crippen MR) is 139 cm³/mol. The fraction of sp³-hybridized carbons (Fsp3) is 0.440. The first-order valence-corrected chi connectivity index (χ1v) is 13.9. The quantitative estimate of drug-likeness (QED) is 0.415. The SMILES string of the molecule is CCCCNC(=O)C(C)N(Cc1cccc(Cl)c1)C(=O)CN(c1ccc2c(c1)OCO2)S(=O)(=O)CC. The highest BCUT2D eigenvalue weighted by molar-refractivity contribution is 7.92. The number of nitrogens with zero attached hydrogens (tertiary/aromatic N) is 2. The van der Waals surface area contributed by atoms with Gasteiger partial charge in [-0.1, -0.05) is 37.1 Å². The van der Waals surface area contributed by atoms with Crippen molar-refractivity contribution in [3.8, 4) is 11.5 Å². The van der Waals surface area contributed by atoms with Crippen LogP contribution in [-0.4, -0.2) is 56.8 Å². The third-order valence-corrected chi connectivity index (χ3v) is 7.84.